The molecule has 1 amide bonds. The fourth-order valence-electron chi connectivity index (χ4n) is 2.76. The zero-order valence-electron chi connectivity index (χ0n) is 12.9. The average molecular weight is 341 g/mol. The van der Waals surface area contributed by atoms with Crippen LogP contribution >= 0.6 is 0 Å². The standard InChI is InChI=1S/C14H23F4N3O2/c15-13(16)14(17,18)10-21-5-3-20(4-6-21)9-12(22)19-8-11-2-1-7-23-11/h11,13H,1-10H2,(H,19,22)/t11-/m1/s1. The Morgan fingerprint density at radius 2 is 1.87 bits per heavy atom. The van der Waals surface area contributed by atoms with Crippen molar-refractivity contribution in [3.8, 4) is 0 Å². The maximum absolute atomic E-state index is 13.0. The highest BCUT2D eigenvalue weighted by molar-refractivity contribution is 5.78. The molecule has 2 aliphatic rings. The fourth-order valence-corrected chi connectivity index (χ4v) is 2.76. The lowest BCUT2D eigenvalue weighted by Crippen LogP contribution is -2.53. The quantitative estimate of drug-likeness (QED) is 0.696. The van der Waals surface area contributed by atoms with E-state index in [1.807, 2.05) is 4.90 Å². The first-order chi connectivity index (χ1) is 10.9. The number of carbonyl (C=O) groups is 1. The van der Waals surface area contributed by atoms with Gasteiger partial charge in [0.15, 0.2) is 0 Å². The van der Waals surface area contributed by atoms with Gasteiger partial charge in [0.25, 0.3) is 0 Å². The topological polar surface area (TPSA) is 44.8 Å². The van der Waals surface area contributed by atoms with Gasteiger partial charge < -0.3 is 10.1 Å². The summed E-state index contributed by atoms with van der Waals surface area (Å²) >= 11 is 0. The summed E-state index contributed by atoms with van der Waals surface area (Å²) in [6, 6.07) is 0. The molecule has 134 valence electrons. The lowest BCUT2D eigenvalue weighted by molar-refractivity contribution is -0.145. The smallest absolute Gasteiger partial charge is 0.319 e. The molecule has 2 fully saturated rings. The van der Waals surface area contributed by atoms with Crippen molar-refractivity contribution >= 4 is 5.91 Å². The van der Waals surface area contributed by atoms with Crippen LogP contribution in [0.2, 0.25) is 0 Å². The van der Waals surface area contributed by atoms with Crippen LogP contribution in [0.3, 0.4) is 0 Å². The third kappa shape index (κ3) is 5.89. The fraction of sp³-hybridized carbons (Fsp3) is 0.929. The molecule has 0 radical (unpaired) electrons. The van der Waals surface area contributed by atoms with Crippen LogP contribution in [0.25, 0.3) is 0 Å². The number of hydrogen-bond acceptors (Lipinski definition) is 4. The molecule has 2 aliphatic heterocycles. The Bertz CT molecular complexity index is 384. The van der Waals surface area contributed by atoms with Crippen molar-refractivity contribution in [2.24, 2.45) is 0 Å². The summed E-state index contributed by atoms with van der Waals surface area (Å²) in [5.41, 5.74) is 0. The molecule has 0 aliphatic carbocycles. The van der Waals surface area contributed by atoms with Gasteiger partial charge in [-0.05, 0) is 12.8 Å². The minimum atomic E-state index is -3.99. The van der Waals surface area contributed by atoms with E-state index in [4.69, 9.17) is 4.74 Å². The van der Waals surface area contributed by atoms with Crippen molar-refractivity contribution in [2.45, 2.75) is 31.3 Å². The summed E-state index contributed by atoms with van der Waals surface area (Å²) in [6.07, 6.45) is -1.63. The molecule has 0 spiro atoms. The molecule has 1 N–H and O–H groups in total. The molecular weight excluding hydrogens is 318 g/mol. The second-order valence-electron chi connectivity index (χ2n) is 6.05. The highest BCUT2D eigenvalue weighted by atomic mass is 19.3. The van der Waals surface area contributed by atoms with Gasteiger partial charge in [0, 0.05) is 39.3 Å². The zero-order chi connectivity index (χ0) is 16.9. The molecule has 2 heterocycles. The number of nitrogens with zero attached hydrogens (tertiary/aromatic N) is 2. The molecule has 5 nitrogen and oxygen atoms in total. The Kier molecular flexibility index (Phi) is 6.60. The highest BCUT2D eigenvalue weighted by Gasteiger charge is 2.42. The second kappa shape index (κ2) is 8.25. The van der Waals surface area contributed by atoms with Gasteiger partial charge in [-0.25, -0.2) is 8.78 Å². The van der Waals surface area contributed by atoms with Crippen molar-refractivity contribution < 1.29 is 27.1 Å². The van der Waals surface area contributed by atoms with Crippen molar-refractivity contribution in [2.75, 3.05) is 52.4 Å². The summed E-state index contributed by atoms with van der Waals surface area (Å²) in [6.45, 7) is 1.78. The number of ether oxygens (including phenoxy) is 1. The predicted octanol–water partition coefficient (Wildman–Crippen LogP) is 0.800. The number of nitrogens with one attached hydrogen (secondary N) is 1. The van der Waals surface area contributed by atoms with Crippen molar-refractivity contribution in [3.05, 3.63) is 0 Å². The van der Waals surface area contributed by atoms with Crippen LogP contribution in [0.4, 0.5) is 17.6 Å². The maximum atomic E-state index is 13.0. The summed E-state index contributed by atoms with van der Waals surface area (Å²) in [4.78, 5) is 15.0. The van der Waals surface area contributed by atoms with E-state index in [0.717, 1.165) is 19.4 Å². The average Bonchev–Trinajstić information content (AvgIpc) is 3.00. The number of rotatable bonds is 7. The minimum absolute atomic E-state index is 0.0763. The van der Waals surface area contributed by atoms with Crippen LogP contribution in [0.5, 0.6) is 0 Å². The number of carbonyl (C=O) groups excluding carboxylic acids is 1. The Hall–Kier alpha value is -0.930. The van der Waals surface area contributed by atoms with Gasteiger partial charge in [-0.15, -0.1) is 0 Å². The molecule has 0 saturated carbocycles. The van der Waals surface area contributed by atoms with Gasteiger partial charge in [-0.3, -0.25) is 14.6 Å². The van der Waals surface area contributed by atoms with Crippen LogP contribution in [0.15, 0.2) is 0 Å². The predicted molar refractivity (Wildman–Crippen MR) is 75.8 cm³/mol. The van der Waals surface area contributed by atoms with Gasteiger partial charge in [0.1, 0.15) is 0 Å². The summed E-state index contributed by atoms with van der Waals surface area (Å²) < 4.78 is 55.8. The molecule has 0 aromatic rings. The largest absolute Gasteiger partial charge is 0.376 e. The van der Waals surface area contributed by atoms with Gasteiger partial charge in [0.2, 0.25) is 5.91 Å². The van der Waals surface area contributed by atoms with Crippen LogP contribution in [0.1, 0.15) is 12.8 Å². The van der Waals surface area contributed by atoms with Crippen molar-refractivity contribution in [1.29, 1.82) is 0 Å². The Morgan fingerprint density at radius 3 is 2.43 bits per heavy atom. The summed E-state index contributed by atoms with van der Waals surface area (Å²) in [5.74, 6) is -4.12. The van der Waals surface area contributed by atoms with Gasteiger partial charge in [-0.1, -0.05) is 0 Å². The molecule has 1 atom stereocenters. The first-order valence-corrected chi connectivity index (χ1v) is 7.86. The summed E-state index contributed by atoms with van der Waals surface area (Å²) in [5, 5.41) is 2.80. The van der Waals surface area contributed by atoms with Crippen LogP contribution in [0, 0.1) is 0 Å². The van der Waals surface area contributed by atoms with E-state index < -0.39 is 18.9 Å². The first kappa shape index (κ1) is 18.4. The number of alkyl halides is 4. The highest BCUT2D eigenvalue weighted by Crippen LogP contribution is 2.24. The normalized spacial score (nSPS) is 24.3. The molecule has 23 heavy (non-hydrogen) atoms. The van der Waals surface area contributed by atoms with Crippen LogP contribution in [-0.4, -0.2) is 86.6 Å². The van der Waals surface area contributed by atoms with E-state index in [1.54, 1.807) is 0 Å². The number of hydrogen-bond donors (Lipinski definition) is 1. The van der Waals surface area contributed by atoms with Crippen LogP contribution < -0.4 is 5.32 Å². The van der Waals surface area contributed by atoms with Gasteiger partial charge in [-0.2, -0.15) is 8.78 Å². The van der Waals surface area contributed by atoms with E-state index in [1.165, 1.54) is 4.90 Å². The number of piperazine rings is 1. The Labute approximate surface area is 132 Å². The van der Waals surface area contributed by atoms with E-state index >= 15 is 0 Å². The lowest BCUT2D eigenvalue weighted by atomic mass is 10.2. The Balaban J connectivity index is 1.63. The third-order valence-corrected chi connectivity index (χ3v) is 4.14. The van der Waals surface area contributed by atoms with Crippen LogP contribution in [-0.2, 0) is 9.53 Å². The molecule has 2 saturated heterocycles. The Morgan fingerprint density at radius 1 is 1.22 bits per heavy atom. The van der Waals surface area contributed by atoms with Crippen molar-refractivity contribution in [3.63, 3.8) is 0 Å². The zero-order valence-corrected chi connectivity index (χ0v) is 12.9. The maximum Gasteiger partial charge on any atom is 0.319 e. The molecule has 9 heteroatoms. The minimum Gasteiger partial charge on any atom is -0.376 e. The summed E-state index contributed by atoms with van der Waals surface area (Å²) in [7, 11) is 0. The SMILES string of the molecule is O=C(CN1CCN(CC(F)(F)C(F)F)CC1)NC[C@H]1CCCO1. The molecule has 0 aromatic carbocycles. The van der Waals surface area contributed by atoms with Gasteiger partial charge >= 0.3 is 12.3 Å². The second-order valence-corrected chi connectivity index (χ2v) is 6.05. The van der Waals surface area contributed by atoms with Gasteiger partial charge in [0.05, 0.1) is 19.2 Å². The molecular formula is C14H23F4N3O2. The molecule has 0 bridgehead atoms. The van der Waals surface area contributed by atoms with E-state index in [-0.39, 0.29) is 31.6 Å². The monoisotopic (exact) mass is 341 g/mol. The molecule has 2 rings (SSSR count). The lowest BCUT2D eigenvalue weighted by Gasteiger charge is -2.35. The number of amides is 1. The van der Waals surface area contributed by atoms with E-state index in [9.17, 15) is 22.4 Å². The molecule has 0 unspecified atom stereocenters. The van der Waals surface area contributed by atoms with E-state index in [0.29, 0.717) is 19.6 Å². The van der Waals surface area contributed by atoms with E-state index in [2.05, 4.69) is 5.32 Å². The molecule has 0 aromatic heterocycles. The first-order valence-electron chi connectivity index (χ1n) is 7.86. The number of halogens is 4. The third-order valence-electron chi connectivity index (χ3n) is 4.14. The van der Waals surface area contributed by atoms with Crippen molar-refractivity contribution in [1.82, 2.24) is 15.1 Å².